The minimum atomic E-state index is -0.524. The summed E-state index contributed by atoms with van der Waals surface area (Å²) in [6, 6.07) is 7.79. The zero-order valence-electron chi connectivity index (χ0n) is 13.9. The van der Waals surface area contributed by atoms with Crippen molar-refractivity contribution in [3.63, 3.8) is 0 Å². The van der Waals surface area contributed by atoms with Gasteiger partial charge >= 0.3 is 0 Å². The maximum atomic E-state index is 13.7. The molecular weight excluding hydrogens is 393 g/mol. The van der Waals surface area contributed by atoms with Crippen LogP contribution in [0.25, 0.3) is 6.08 Å². The lowest BCUT2D eigenvalue weighted by molar-refractivity contribution is -0.111. The maximum absolute atomic E-state index is 13.7. The number of amides is 1. The van der Waals surface area contributed by atoms with Crippen LogP contribution in [0.3, 0.4) is 0 Å². The molecule has 1 N–H and O–H groups in total. The van der Waals surface area contributed by atoms with Crippen LogP contribution in [0.1, 0.15) is 5.56 Å². The van der Waals surface area contributed by atoms with Crippen LogP contribution in [0.15, 0.2) is 40.9 Å². The van der Waals surface area contributed by atoms with Gasteiger partial charge in [0, 0.05) is 10.5 Å². The van der Waals surface area contributed by atoms with E-state index >= 15 is 0 Å². The second-order valence-corrected chi connectivity index (χ2v) is 5.82. The van der Waals surface area contributed by atoms with Gasteiger partial charge in [0.1, 0.15) is 5.82 Å². The molecule has 0 bridgehead atoms. The van der Waals surface area contributed by atoms with E-state index in [9.17, 15) is 9.18 Å². The highest BCUT2D eigenvalue weighted by molar-refractivity contribution is 9.10. The minimum absolute atomic E-state index is 0.0998. The molecule has 25 heavy (non-hydrogen) atoms. The number of nitrogens with one attached hydrogen (secondary N) is 1. The molecule has 2 rings (SSSR count). The first-order chi connectivity index (χ1) is 12.0. The van der Waals surface area contributed by atoms with Crippen LogP contribution in [0.4, 0.5) is 10.1 Å². The van der Waals surface area contributed by atoms with Gasteiger partial charge in [-0.3, -0.25) is 4.79 Å². The first kappa shape index (κ1) is 18.8. The zero-order chi connectivity index (χ0) is 18.4. The first-order valence-corrected chi connectivity index (χ1v) is 8.02. The van der Waals surface area contributed by atoms with Gasteiger partial charge in [-0.25, -0.2) is 4.39 Å². The first-order valence-electron chi connectivity index (χ1n) is 7.22. The third kappa shape index (κ3) is 4.73. The van der Waals surface area contributed by atoms with Crippen molar-refractivity contribution in [2.75, 3.05) is 26.6 Å². The predicted molar refractivity (Wildman–Crippen MR) is 97.9 cm³/mol. The van der Waals surface area contributed by atoms with Crippen molar-refractivity contribution in [2.24, 2.45) is 0 Å². The van der Waals surface area contributed by atoms with E-state index in [1.165, 1.54) is 39.5 Å². The Labute approximate surface area is 153 Å². The van der Waals surface area contributed by atoms with Crippen molar-refractivity contribution in [3.05, 3.63) is 52.3 Å². The van der Waals surface area contributed by atoms with Gasteiger partial charge < -0.3 is 19.5 Å². The third-order valence-corrected chi connectivity index (χ3v) is 3.80. The summed E-state index contributed by atoms with van der Waals surface area (Å²) in [4.78, 5) is 12.0. The smallest absolute Gasteiger partial charge is 0.248 e. The van der Waals surface area contributed by atoms with E-state index < -0.39 is 11.7 Å². The van der Waals surface area contributed by atoms with E-state index in [2.05, 4.69) is 21.2 Å². The van der Waals surface area contributed by atoms with Crippen molar-refractivity contribution < 1.29 is 23.4 Å². The van der Waals surface area contributed by atoms with Gasteiger partial charge in [0.15, 0.2) is 11.5 Å². The number of methoxy groups -OCH3 is 3. The summed E-state index contributed by atoms with van der Waals surface area (Å²) < 4.78 is 30.1. The molecule has 7 heteroatoms. The van der Waals surface area contributed by atoms with Crippen LogP contribution in [-0.4, -0.2) is 27.2 Å². The van der Waals surface area contributed by atoms with Crippen LogP contribution < -0.4 is 19.5 Å². The predicted octanol–water partition coefficient (Wildman–Crippen LogP) is 4.27. The normalized spacial score (nSPS) is 10.6. The number of carbonyl (C=O) groups excluding carboxylic acids is 1. The molecular formula is C18H17BrFNO4. The van der Waals surface area contributed by atoms with E-state index in [0.717, 1.165) is 0 Å². The molecule has 2 aromatic rings. The number of benzene rings is 2. The lowest BCUT2D eigenvalue weighted by atomic mass is 10.1. The quantitative estimate of drug-likeness (QED) is 0.723. The summed E-state index contributed by atoms with van der Waals surface area (Å²) in [7, 11) is 4.53. The maximum Gasteiger partial charge on any atom is 0.248 e. The Morgan fingerprint density at radius 2 is 1.72 bits per heavy atom. The van der Waals surface area contributed by atoms with Gasteiger partial charge in [0.05, 0.1) is 27.0 Å². The van der Waals surface area contributed by atoms with Gasteiger partial charge in [-0.15, -0.1) is 0 Å². The van der Waals surface area contributed by atoms with Gasteiger partial charge in [0.25, 0.3) is 0 Å². The summed E-state index contributed by atoms with van der Waals surface area (Å²) in [6.07, 6.45) is 2.86. The van der Waals surface area contributed by atoms with Crippen molar-refractivity contribution >= 4 is 33.6 Å². The lowest BCUT2D eigenvalue weighted by Gasteiger charge is -2.12. The highest BCUT2D eigenvalue weighted by Gasteiger charge is 2.12. The van der Waals surface area contributed by atoms with E-state index in [1.54, 1.807) is 24.3 Å². The number of rotatable bonds is 6. The van der Waals surface area contributed by atoms with Gasteiger partial charge in [-0.1, -0.05) is 15.9 Å². The molecule has 0 spiro atoms. The Bertz CT molecular complexity index is 783. The Hall–Kier alpha value is -2.54. The average Bonchev–Trinajstić information content (AvgIpc) is 2.61. The second-order valence-electron chi connectivity index (χ2n) is 4.91. The molecule has 0 fully saturated rings. The molecule has 0 radical (unpaired) electrons. The minimum Gasteiger partial charge on any atom is -0.493 e. The number of hydrogen-bond acceptors (Lipinski definition) is 4. The summed E-state index contributed by atoms with van der Waals surface area (Å²) >= 11 is 3.16. The standard InChI is InChI=1S/C18H17BrFNO4/c1-23-15-8-11(9-16(24-2)18(15)25-3)4-7-17(22)21-14-6-5-12(19)10-13(14)20/h4-10H,1-3H3,(H,21,22)/b7-4+. The summed E-state index contributed by atoms with van der Waals surface area (Å²) in [5.41, 5.74) is 0.767. The SMILES string of the molecule is COc1cc(/C=C/C(=O)Nc2ccc(Br)cc2F)cc(OC)c1OC. The summed E-state index contributed by atoms with van der Waals surface area (Å²) in [6.45, 7) is 0. The monoisotopic (exact) mass is 409 g/mol. The van der Waals surface area contributed by atoms with Crippen molar-refractivity contribution in [2.45, 2.75) is 0 Å². The van der Waals surface area contributed by atoms with E-state index in [4.69, 9.17) is 14.2 Å². The van der Waals surface area contributed by atoms with Gasteiger partial charge in [-0.2, -0.15) is 0 Å². The molecule has 132 valence electrons. The van der Waals surface area contributed by atoms with E-state index in [0.29, 0.717) is 27.3 Å². The Morgan fingerprint density at radius 3 is 2.24 bits per heavy atom. The van der Waals surface area contributed by atoms with Gasteiger partial charge in [-0.05, 0) is 42.0 Å². The van der Waals surface area contributed by atoms with Crippen LogP contribution in [-0.2, 0) is 4.79 Å². The Kier molecular flexibility index (Phi) is 6.41. The molecule has 0 aliphatic rings. The largest absolute Gasteiger partial charge is 0.493 e. The molecule has 0 unspecified atom stereocenters. The fourth-order valence-electron chi connectivity index (χ4n) is 2.13. The van der Waals surface area contributed by atoms with Crippen LogP contribution in [0.5, 0.6) is 17.2 Å². The number of hydrogen-bond donors (Lipinski definition) is 1. The van der Waals surface area contributed by atoms with Gasteiger partial charge in [0.2, 0.25) is 11.7 Å². The average molecular weight is 410 g/mol. The van der Waals surface area contributed by atoms with Crippen LogP contribution >= 0.6 is 15.9 Å². The molecule has 0 aliphatic carbocycles. The number of ether oxygens (including phenoxy) is 3. The third-order valence-electron chi connectivity index (χ3n) is 3.30. The summed E-state index contributed by atoms with van der Waals surface area (Å²) in [5.74, 6) is 0.421. The number of carbonyl (C=O) groups is 1. The van der Waals surface area contributed by atoms with E-state index in [-0.39, 0.29) is 5.69 Å². The number of anilines is 1. The van der Waals surface area contributed by atoms with Crippen molar-refractivity contribution in [3.8, 4) is 17.2 Å². The zero-order valence-corrected chi connectivity index (χ0v) is 15.5. The highest BCUT2D eigenvalue weighted by atomic mass is 79.9. The fourth-order valence-corrected chi connectivity index (χ4v) is 2.47. The van der Waals surface area contributed by atoms with Crippen molar-refractivity contribution in [1.82, 2.24) is 0 Å². The van der Waals surface area contributed by atoms with E-state index in [1.807, 2.05) is 0 Å². The summed E-state index contributed by atoms with van der Waals surface area (Å²) in [5, 5.41) is 2.48. The number of halogens is 2. The van der Waals surface area contributed by atoms with Crippen LogP contribution in [0, 0.1) is 5.82 Å². The Morgan fingerprint density at radius 1 is 1.08 bits per heavy atom. The molecule has 1 amide bonds. The van der Waals surface area contributed by atoms with Crippen LogP contribution in [0.2, 0.25) is 0 Å². The topological polar surface area (TPSA) is 56.8 Å². The lowest BCUT2D eigenvalue weighted by Crippen LogP contribution is -2.09. The molecule has 0 atom stereocenters. The highest BCUT2D eigenvalue weighted by Crippen LogP contribution is 2.38. The Balaban J connectivity index is 2.19. The molecule has 5 nitrogen and oxygen atoms in total. The molecule has 0 aliphatic heterocycles. The van der Waals surface area contributed by atoms with Crippen molar-refractivity contribution in [1.29, 1.82) is 0 Å². The molecule has 2 aromatic carbocycles. The molecule has 0 aromatic heterocycles. The second kappa shape index (κ2) is 8.53. The molecule has 0 saturated carbocycles. The molecule has 0 heterocycles. The molecule has 0 saturated heterocycles. The fraction of sp³-hybridized carbons (Fsp3) is 0.167.